The molecule has 2 aromatic heterocycles. The van der Waals surface area contributed by atoms with Crippen molar-refractivity contribution < 1.29 is 4.39 Å². The Morgan fingerprint density at radius 1 is 1.35 bits per heavy atom. The molecule has 6 heteroatoms. The van der Waals surface area contributed by atoms with Crippen LogP contribution in [0.3, 0.4) is 0 Å². The Kier molecular flexibility index (Phi) is 2.97. The van der Waals surface area contributed by atoms with Gasteiger partial charge in [-0.1, -0.05) is 0 Å². The Balaban J connectivity index is 2.20. The third-order valence-electron chi connectivity index (χ3n) is 3.38. The standard InChI is InChI=1S/C14H15FN4S/c1-7-4-12-11(5-10(7)15)18-14(16)19(12)9(3)13-17-6-8(2)20-13/h4-6,9H,1-3H3,(H2,16,18). The van der Waals surface area contributed by atoms with Gasteiger partial charge in [0.1, 0.15) is 10.8 Å². The molecule has 0 spiro atoms. The number of hydrogen-bond donors (Lipinski definition) is 1. The number of aryl methyl sites for hydroxylation is 2. The molecule has 20 heavy (non-hydrogen) atoms. The van der Waals surface area contributed by atoms with E-state index in [-0.39, 0.29) is 11.9 Å². The van der Waals surface area contributed by atoms with E-state index in [9.17, 15) is 4.39 Å². The molecule has 0 saturated heterocycles. The van der Waals surface area contributed by atoms with E-state index in [1.54, 1.807) is 24.3 Å². The van der Waals surface area contributed by atoms with Gasteiger partial charge in [-0.25, -0.2) is 14.4 Å². The number of nitrogen functional groups attached to an aromatic ring is 1. The Hall–Kier alpha value is -1.95. The summed E-state index contributed by atoms with van der Waals surface area (Å²) in [4.78, 5) is 9.80. The van der Waals surface area contributed by atoms with Crippen molar-refractivity contribution in [2.45, 2.75) is 26.8 Å². The first-order chi connectivity index (χ1) is 9.47. The van der Waals surface area contributed by atoms with E-state index in [0.717, 1.165) is 15.4 Å². The van der Waals surface area contributed by atoms with Gasteiger partial charge in [-0.15, -0.1) is 11.3 Å². The second kappa shape index (κ2) is 4.56. The average Bonchev–Trinajstić information content (AvgIpc) is 2.93. The quantitative estimate of drug-likeness (QED) is 0.786. The first-order valence-corrected chi connectivity index (χ1v) is 7.15. The summed E-state index contributed by atoms with van der Waals surface area (Å²) in [6.07, 6.45) is 1.84. The summed E-state index contributed by atoms with van der Waals surface area (Å²) in [5.41, 5.74) is 8.00. The van der Waals surface area contributed by atoms with Gasteiger partial charge in [-0.3, -0.25) is 0 Å². The first-order valence-electron chi connectivity index (χ1n) is 6.33. The van der Waals surface area contributed by atoms with Crippen molar-refractivity contribution in [3.63, 3.8) is 0 Å². The molecular formula is C14H15FN4S. The summed E-state index contributed by atoms with van der Waals surface area (Å²) >= 11 is 1.63. The minimum absolute atomic E-state index is 0.0245. The first kappa shape index (κ1) is 13.1. The maximum atomic E-state index is 13.6. The predicted octanol–water partition coefficient (Wildman–Crippen LogP) is 3.44. The molecule has 4 nitrogen and oxygen atoms in total. The van der Waals surface area contributed by atoms with E-state index in [2.05, 4.69) is 9.97 Å². The summed E-state index contributed by atoms with van der Waals surface area (Å²) in [5.74, 6) is 0.116. The zero-order chi connectivity index (χ0) is 14.4. The van der Waals surface area contributed by atoms with Crippen LogP contribution in [0.2, 0.25) is 0 Å². The van der Waals surface area contributed by atoms with Crippen molar-refractivity contribution in [1.82, 2.24) is 14.5 Å². The lowest BCUT2D eigenvalue weighted by Crippen LogP contribution is -2.10. The van der Waals surface area contributed by atoms with Crippen molar-refractivity contribution in [2.24, 2.45) is 0 Å². The van der Waals surface area contributed by atoms with Gasteiger partial charge in [0.2, 0.25) is 5.95 Å². The van der Waals surface area contributed by atoms with Crippen molar-refractivity contribution in [3.8, 4) is 0 Å². The molecular weight excluding hydrogens is 275 g/mol. The van der Waals surface area contributed by atoms with Gasteiger partial charge in [0.05, 0.1) is 17.1 Å². The predicted molar refractivity (Wildman–Crippen MR) is 79.5 cm³/mol. The highest BCUT2D eigenvalue weighted by Crippen LogP contribution is 2.30. The van der Waals surface area contributed by atoms with Gasteiger partial charge in [0.25, 0.3) is 0 Å². The van der Waals surface area contributed by atoms with Gasteiger partial charge >= 0.3 is 0 Å². The van der Waals surface area contributed by atoms with E-state index in [4.69, 9.17) is 5.73 Å². The van der Waals surface area contributed by atoms with Crippen molar-refractivity contribution in [3.05, 3.63) is 39.6 Å². The molecule has 104 valence electrons. The van der Waals surface area contributed by atoms with Gasteiger partial charge < -0.3 is 10.3 Å². The van der Waals surface area contributed by atoms with E-state index in [1.807, 2.05) is 24.6 Å². The number of fused-ring (bicyclic) bond motifs is 1. The molecule has 0 radical (unpaired) electrons. The third-order valence-corrected chi connectivity index (χ3v) is 4.46. The fourth-order valence-corrected chi connectivity index (χ4v) is 3.14. The zero-order valence-corrected chi connectivity index (χ0v) is 12.3. The Morgan fingerprint density at radius 3 is 2.75 bits per heavy atom. The van der Waals surface area contributed by atoms with Crippen LogP contribution >= 0.6 is 11.3 Å². The largest absolute Gasteiger partial charge is 0.369 e. The van der Waals surface area contributed by atoms with Crippen molar-refractivity contribution >= 4 is 28.3 Å². The lowest BCUT2D eigenvalue weighted by molar-refractivity contribution is 0.619. The molecule has 0 saturated carbocycles. The van der Waals surface area contributed by atoms with E-state index in [0.29, 0.717) is 17.0 Å². The van der Waals surface area contributed by atoms with E-state index >= 15 is 0 Å². The van der Waals surface area contributed by atoms with Gasteiger partial charge in [-0.05, 0) is 32.4 Å². The average molecular weight is 290 g/mol. The number of imidazole rings is 1. The van der Waals surface area contributed by atoms with Crippen molar-refractivity contribution in [2.75, 3.05) is 5.73 Å². The van der Waals surface area contributed by atoms with Crippen molar-refractivity contribution in [1.29, 1.82) is 0 Å². The molecule has 0 amide bonds. The maximum Gasteiger partial charge on any atom is 0.201 e. The van der Waals surface area contributed by atoms with Crippen LogP contribution in [0.5, 0.6) is 0 Å². The number of thiazole rings is 1. The van der Waals surface area contributed by atoms with Crippen LogP contribution in [0.1, 0.15) is 28.4 Å². The molecule has 3 rings (SSSR count). The molecule has 1 atom stereocenters. The lowest BCUT2D eigenvalue weighted by Gasteiger charge is -2.13. The number of benzene rings is 1. The van der Waals surface area contributed by atoms with Crippen LogP contribution in [0.15, 0.2) is 18.3 Å². The zero-order valence-electron chi connectivity index (χ0n) is 11.5. The topological polar surface area (TPSA) is 56.7 Å². The van der Waals surface area contributed by atoms with Crippen LogP contribution < -0.4 is 5.73 Å². The molecule has 0 bridgehead atoms. The lowest BCUT2D eigenvalue weighted by atomic mass is 10.2. The minimum Gasteiger partial charge on any atom is -0.369 e. The number of anilines is 1. The number of rotatable bonds is 2. The molecule has 0 aliphatic rings. The highest BCUT2D eigenvalue weighted by atomic mass is 32.1. The molecule has 0 fully saturated rings. The van der Waals surface area contributed by atoms with E-state index < -0.39 is 0 Å². The molecule has 2 N–H and O–H groups in total. The monoisotopic (exact) mass is 290 g/mol. The second-order valence-electron chi connectivity index (χ2n) is 4.92. The van der Waals surface area contributed by atoms with Gasteiger partial charge in [0, 0.05) is 17.1 Å². The van der Waals surface area contributed by atoms with Crippen LogP contribution in [0.4, 0.5) is 10.3 Å². The third kappa shape index (κ3) is 1.96. The summed E-state index contributed by atoms with van der Waals surface area (Å²) in [5, 5.41) is 0.968. The summed E-state index contributed by atoms with van der Waals surface area (Å²) in [7, 11) is 0. The summed E-state index contributed by atoms with van der Waals surface area (Å²) in [6.45, 7) is 5.78. The van der Waals surface area contributed by atoms with E-state index in [1.165, 1.54) is 6.07 Å². The number of halogens is 1. The molecule has 1 unspecified atom stereocenters. The summed E-state index contributed by atoms with van der Waals surface area (Å²) in [6, 6.07) is 3.19. The number of aromatic nitrogens is 3. The highest BCUT2D eigenvalue weighted by molar-refractivity contribution is 7.11. The Bertz CT molecular complexity index is 790. The summed E-state index contributed by atoms with van der Waals surface area (Å²) < 4.78 is 15.5. The Morgan fingerprint density at radius 2 is 2.10 bits per heavy atom. The maximum absolute atomic E-state index is 13.6. The molecule has 2 heterocycles. The molecule has 3 aromatic rings. The second-order valence-corrected chi connectivity index (χ2v) is 6.18. The number of nitrogens with zero attached hydrogens (tertiary/aromatic N) is 3. The minimum atomic E-state index is -0.264. The number of hydrogen-bond acceptors (Lipinski definition) is 4. The fourth-order valence-electron chi connectivity index (χ4n) is 2.32. The molecule has 0 aliphatic heterocycles. The van der Waals surface area contributed by atoms with Crippen LogP contribution in [0, 0.1) is 19.7 Å². The normalized spacial score (nSPS) is 13.0. The highest BCUT2D eigenvalue weighted by Gasteiger charge is 2.19. The van der Waals surface area contributed by atoms with Crippen LogP contribution in [-0.2, 0) is 0 Å². The van der Waals surface area contributed by atoms with Gasteiger partial charge in [0.15, 0.2) is 0 Å². The smallest absolute Gasteiger partial charge is 0.201 e. The fraction of sp³-hybridized carbons (Fsp3) is 0.286. The molecule has 1 aromatic carbocycles. The number of nitrogens with two attached hydrogens (primary N) is 1. The van der Waals surface area contributed by atoms with Crippen LogP contribution in [0.25, 0.3) is 11.0 Å². The van der Waals surface area contributed by atoms with Gasteiger partial charge in [-0.2, -0.15) is 0 Å². The molecule has 0 aliphatic carbocycles. The SMILES string of the molecule is Cc1cnc(C(C)n2c(N)nc3cc(F)c(C)cc32)s1. The Labute approximate surface area is 120 Å². The van der Waals surface area contributed by atoms with Crippen LogP contribution in [-0.4, -0.2) is 14.5 Å².